The van der Waals surface area contributed by atoms with Crippen LogP contribution in [0.2, 0.25) is 0 Å². The van der Waals surface area contributed by atoms with E-state index in [4.69, 9.17) is 0 Å². The summed E-state index contributed by atoms with van der Waals surface area (Å²) in [6.45, 7) is 3.78. The second kappa shape index (κ2) is 5.53. The summed E-state index contributed by atoms with van der Waals surface area (Å²) in [5, 5.41) is 9.72. The van der Waals surface area contributed by atoms with Crippen molar-refractivity contribution < 1.29 is 14.7 Å². The van der Waals surface area contributed by atoms with Gasteiger partial charge in [0.2, 0.25) is 5.78 Å². The van der Waals surface area contributed by atoms with E-state index in [-0.39, 0.29) is 17.3 Å². The van der Waals surface area contributed by atoms with E-state index in [1.165, 1.54) is 6.08 Å². The lowest BCUT2D eigenvalue weighted by Crippen LogP contribution is -2.16. The third-order valence-corrected chi connectivity index (χ3v) is 4.36. The molecule has 0 saturated carbocycles. The number of hydrogen-bond donors (Lipinski definition) is 1. The van der Waals surface area contributed by atoms with Crippen molar-refractivity contribution in [1.82, 2.24) is 0 Å². The number of hydrogen-bond acceptors (Lipinski definition) is 3. The SMILES string of the molecule is C=Cc1ccc2c(c1-c1cccc(O)c1)C(=O)C(I)=CC2=O. The topological polar surface area (TPSA) is 54.4 Å². The van der Waals surface area contributed by atoms with Crippen LogP contribution in [0.5, 0.6) is 5.75 Å². The minimum atomic E-state index is -0.184. The highest BCUT2D eigenvalue weighted by atomic mass is 127. The van der Waals surface area contributed by atoms with Gasteiger partial charge in [-0.15, -0.1) is 0 Å². The number of rotatable bonds is 2. The van der Waals surface area contributed by atoms with Gasteiger partial charge < -0.3 is 5.11 Å². The molecular formula is C18H11IO3. The maximum Gasteiger partial charge on any atom is 0.200 e. The number of phenolic OH excluding ortho intramolecular Hbond substituents is 1. The van der Waals surface area contributed by atoms with Crippen LogP contribution < -0.4 is 0 Å². The first kappa shape index (κ1) is 14.7. The first-order valence-corrected chi connectivity index (χ1v) is 7.66. The van der Waals surface area contributed by atoms with Gasteiger partial charge in [-0.05, 0) is 51.9 Å². The van der Waals surface area contributed by atoms with E-state index in [0.29, 0.717) is 25.8 Å². The molecule has 0 aliphatic heterocycles. The summed E-state index contributed by atoms with van der Waals surface area (Å²) in [5.41, 5.74) is 2.81. The molecule has 1 aliphatic carbocycles. The van der Waals surface area contributed by atoms with Crippen LogP contribution in [-0.2, 0) is 0 Å². The minimum Gasteiger partial charge on any atom is -0.508 e. The smallest absolute Gasteiger partial charge is 0.200 e. The first-order chi connectivity index (χ1) is 10.5. The molecule has 2 aromatic carbocycles. The maximum atomic E-state index is 12.6. The summed E-state index contributed by atoms with van der Waals surface area (Å²) >= 11 is 1.88. The number of aromatic hydroxyl groups is 1. The Kier molecular flexibility index (Phi) is 3.70. The van der Waals surface area contributed by atoms with Crippen LogP contribution in [0.25, 0.3) is 17.2 Å². The fourth-order valence-electron chi connectivity index (χ4n) is 2.58. The van der Waals surface area contributed by atoms with E-state index in [0.717, 1.165) is 5.56 Å². The number of carbonyl (C=O) groups is 2. The molecule has 3 nitrogen and oxygen atoms in total. The first-order valence-electron chi connectivity index (χ1n) is 6.58. The third kappa shape index (κ3) is 2.29. The molecule has 2 aromatic rings. The largest absolute Gasteiger partial charge is 0.508 e. The van der Waals surface area contributed by atoms with Crippen LogP contribution in [0.4, 0.5) is 0 Å². The van der Waals surface area contributed by atoms with Crippen molar-refractivity contribution in [3.05, 3.63) is 69.3 Å². The molecule has 0 atom stereocenters. The molecule has 4 heteroatoms. The third-order valence-electron chi connectivity index (χ3n) is 3.56. The predicted octanol–water partition coefficient (Wildman–Crippen LogP) is 4.40. The molecule has 0 amide bonds. The molecule has 3 rings (SSSR count). The van der Waals surface area contributed by atoms with Crippen LogP contribution in [0.15, 0.2) is 52.6 Å². The lowest BCUT2D eigenvalue weighted by Gasteiger charge is -2.18. The van der Waals surface area contributed by atoms with Gasteiger partial charge in [-0.25, -0.2) is 0 Å². The molecule has 0 radical (unpaired) electrons. The zero-order valence-corrected chi connectivity index (χ0v) is 13.6. The molecule has 0 saturated heterocycles. The van der Waals surface area contributed by atoms with Crippen molar-refractivity contribution in [3.63, 3.8) is 0 Å². The quantitative estimate of drug-likeness (QED) is 0.758. The van der Waals surface area contributed by atoms with E-state index < -0.39 is 0 Å². The molecule has 108 valence electrons. The zero-order chi connectivity index (χ0) is 15.9. The van der Waals surface area contributed by atoms with Crippen molar-refractivity contribution in [2.45, 2.75) is 0 Å². The second-order valence-corrected chi connectivity index (χ2v) is 6.05. The van der Waals surface area contributed by atoms with E-state index in [1.54, 1.807) is 42.5 Å². The Hall–Kier alpha value is -2.21. The highest BCUT2D eigenvalue weighted by Gasteiger charge is 2.28. The zero-order valence-electron chi connectivity index (χ0n) is 11.5. The van der Waals surface area contributed by atoms with Crippen LogP contribution in [0.1, 0.15) is 26.3 Å². The Morgan fingerprint density at radius 1 is 1.09 bits per heavy atom. The van der Waals surface area contributed by atoms with Gasteiger partial charge in [0.05, 0.1) is 3.58 Å². The normalized spacial score (nSPS) is 13.6. The molecule has 1 aliphatic rings. The fourth-order valence-corrected chi connectivity index (χ4v) is 3.13. The van der Waals surface area contributed by atoms with Crippen molar-refractivity contribution in [1.29, 1.82) is 0 Å². The van der Waals surface area contributed by atoms with E-state index in [9.17, 15) is 14.7 Å². The average molecular weight is 402 g/mol. The lowest BCUT2D eigenvalue weighted by molar-refractivity contribution is 0.0993. The molecule has 0 fully saturated rings. The van der Waals surface area contributed by atoms with Crippen molar-refractivity contribution in [2.75, 3.05) is 0 Å². The highest BCUT2D eigenvalue weighted by molar-refractivity contribution is 14.1. The Balaban J connectivity index is 2.40. The second-order valence-electron chi connectivity index (χ2n) is 4.89. The van der Waals surface area contributed by atoms with Crippen LogP contribution >= 0.6 is 22.6 Å². The Labute approximate surface area is 141 Å². The molecule has 0 aromatic heterocycles. The summed E-state index contributed by atoms with van der Waals surface area (Å²) in [5.74, 6) is -0.266. The summed E-state index contributed by atoms with van der Waals surface area (Å²) in [4.78, 5) is 24.8. The number of halogens is 1. The Morgan fingerprint density at radius 2 is 1.86 bits per heavy atom. The van der Waals surface area contributed by atoms with Gasteiger partial charge in [0.15, 0.2) is 5.78 Å². The van der Waals surface area contributed by atoms with E-state index >= 15 is 0 Å². The van der Waals surface area contributed by atoms with Gasteiger partial charge in [-0.2, -0.15) is 0 Å². The standard InChI is InChI=1S/C18H11IO3/c1-2-10-6-7-13-15(21)9-14(19)18(22)17(13)16(10)11-4-3-5-12(20)8-11/h2-9,20H,1H2. The van der Waals surface area contributed by atoms with Crippen molar-refractivity contribution in [3.8, 4) is 16.9 Å². The number of ketones is 2. The minimum absolute atomic E-state index is 0.102. The number of carbonyl (C=O) groups excluding carboxylic acids is 2. The molecule has 0 unspecified atom stereocenters. The molecule has 0 heterocycles. The van der Waals surface area contributed by atoms with Gasteiger partial charge in [-0.3, -0.25) is 9.59 Å². The number of allylic oxidation sites excluding steroid dienone is 2. The van der Waals surface area contributed by atoms with Crippen molar-refractivity contribution in [2.24, 2.45) is 0 Å². The maximum absolute atomic E-state index is 12.6. The van der Waals surface area contributed by atoms with E-state index in [1.807, 2.05) is 22.6 Å². The average Bonchev–Trinajstić information content (AvgIpc) is 2.51. The fraction of sp³-hybridized carbons (Fsp3) is 0. The van der Waals surface area contributed by atoms with Crippen LogP contribution in [0.3, 0.4) is 0 Å². The highest BCUT2D eigenvalue weighted by Crippen LogP contribution is 2.37. The summed E-state index contributed by atoms with van der Waals surface area (Å²) in [6, 6.07) is 10.0. The number of phenols is 1. The predicted molar refractivity (Wildman–Crippen MR) is 94.4 cm³/mol. The van der Waals surface area contributed by atoms with Gasteiger partial charge in [0.1, 0.15) is 5.75 Å². The number of Topliss-reactive ketones (excluding diaryl/α,β-unsaturated/α-hetero) is 1. The molecule has 22 heavy (non-hydrogen) atoms. The van der Waals surface area contributed by atoms with Crippen LogP contribution in [0, 0.1) is 0 Å². The van der Waals surface area contributed by atoms with Gasteiger partial charge in [-0.1, -0.05) is 30.9 Å². The Bertz CT molecular complexity index is 863. The van der Waals surface area contributed by atoms with Gasteiger partial charge in [0, 0.05) is 22.8 Å². The molecule has 0 bridgehead atoms. The van der Waals surface area contributed by atoms with Crippen LogP contribution in [-0.4, -0.2) is 16.7 Å². The monoisotopic (exact) mass is 402 g/mol. The molecule has 0 spiro atoms. The summed E-state index contributed by atoms with van der Waals surface area (Å²) in [7, 11) is 0. The Morgan fingerprint density at radius 3 is 2.55 bits per heavy atom. The lowest BCUT2D eigenvalue weighted by atomic mass is 9.84. The summed E-state index contributed by atoms with van der Waals surface area (Å²) < 4.78 is 0.387. The number of benzene rings is 2. The van der Waals surface area contributed by atoms with Gasteiger partial charge in [0.25, 0.3) is 0 Å². The molecular weight excluding hydrogens is 391 g/mol. The number of fused-ring (bicyclic) bond motifs is 1. The summed E-state index contributed by atoms with van der Waals surface area (Å²) in [6.07, 6.45) is 2.99. The van der Waals surface area contributed by atoms with E-state index in [2.05, 4.69) is 6.58 Å². The van der Waals surface area contributed by atoms with Gasteiger partial charge >= 0.3 is 0 Å². The van der Waals surface area contributed by atoms with Crippen molar-refractivity contribution >= 4 is 40.2 Å². The molecule has 1 N–H and O–H groups in total.